The van der Waals surface area contributed by atoms with Crippen LogP contribution in [0.15, 0.2) is 18.2 Å². The van der Waals surface area contributed by atoms with E-state index < -0.39 is 0 Å². The Balaban J connectivity index is 2.04. The van der Waals surface area contributed by atoms with E-state index in [1.54, 1.807) is 18.2 Å². The molecule has 2 rings (SSSR count). The van der Waals surface area contributed by atoms with Crippen LogP contribution < -0.4 is 11.1 Å². The highest BCUT2D eigenvalue weighted by Gasteiger charge is 2.21. The average molecular weight is 268 g/mol. The van der Waals surface area contributed by atoms with Crippen molar-refractivity contribution in [2.24, 2.45) is 5.92 Å². The Kier molecular flexibility index (Phi) is 3.97. The Morgan fingerprint density at radius 2 is 2.33 bits per heavy atom. The van der Waals surface area contributed by atoms with Gasteiger partial charge in [0.25, 0.3) is 0 Å². The molecule has 0 saturated carbocycles. The summed E-state index contributed by atoms with van der Waals surface area (Å²) in [6, 6.07) is 4.97. The van der Waals surface area contributed by atoms with Gasteiger partial charge in [0.05, 0.1) is 10.7 Å². The normalized spacial score (nSPS) is 19.7. The summed E-state index contributed by atoms with van der Waals surface area (Å²) >= 11 is 6.02. The largest absolute Gasteiger partial charge is 0.399 e. The number of anilines is 2. The number of carbonyl (C=O) groups is 1. The number of nitrogens with two attached hydrogens (primary N) is 1. The molecular formula is C13H18ClN3O. The lowest BCUT2D eigenvalue weighted by molar-refractivity contribution is 0.182. The van der Waals surface area contributed by atoms with Crippen LogP contribution in [0.3, 0.4) is 0 Å². The molecule has 2 amide bonds. The molecule has 1 aromatic carbocycles. The average Bonchev–Trinajstić information content (AvgIpc) is 2.34. The van der Waals surface area contributed by atoms with Crippen LogP contribution in [0.1, 0.15) is 19.8 Å². The highest BCUT2D eigenvalue weighted by Crippen LogP contribution is 2.25. The van der Waals surface area contributed by atoms with E-state index in [1.807, 2.05) is 4.90 Å². The van der Waals surface area contributed by atoms with Gasteiger partial charge in [0.15, 0.2) is 0 Å². The molecule has 1 aliphatic heterocycles. The zero-order chi connectivity index (χ0) is 13.1. The van der Waals surface area contributed by atoms with Gasteiger partial charge in [-0.2, -0.15) is 0 Å². The summed E-state index contributed by atoms with van der Waals surface area (Å²) in [6.07, 6.45) is 2.24. The molecule has 1 saturated heterocycles. The number of carbonyl (C=O) groups excluding carboxylic acids is 1. The Hall–Kier alpha value is -1.42. The van der Waals surface area contributed by atoms with E-state index in [9.17, 15) is 4.79 Å². The van der Waals surface area contributed by atoms with E-state index in [4.69, 9.17) is 17.3 Å². The second kappa shape index (κ2) is 5.48. The molecule has 4 nitrogen and oxygen atoms in total. The number of piperidine rings is 1. The Morgan fingerprint density at radius 1 is 1.56 bits per heavy atom. The molecular weight excluding hydrogens is 250 g/mol. The number of rotatable bonds is 1. The van der Waals surface area contributed by atoms with E-state index in [2.05, 4.69) is 12.2 Å². The molecule has 1 aliphatic rings. The van der Waals surface area contributed by atoms with Gasteiger partial charge in [0.2, 0.25) is 0 Å². The number of benzene rings is 1. The number of nitrogen functional groups attached to an aromatic ring is 1. The third kappa shape index (κ3) is 3.07. The maximum Gasteiger partial charge on any atom is 0.321 e. The zero-order valence-electron chi connectivity index (χ0n) is 10.4. The predicted octanol–water partition coefficient (Wildman–Crippen LogP) is 3.19. The van der Waals surface area contributed by atoms with Crippen molar-refractivity contribution in [3.8, 4) is 0 Å². The van der Waals surface area contributed by atoms with Crippen molar-refractivity contribution in [2.45, 2.75) is 19.8 Å². The summed E-state index contributed by atoms with van der Waals surface area (Å²) in [5.74, 6) is 0.556. The number of nitrogens with one attached hydrogen (secondary N) is 1. The minimum absolute atomic E-state index is 0.103. The number of nitrogens with zero attached hydrogens (tertiary/aromatic N) is 1. The molecule has 1 heterocycles. The van der Waals surface area contributed by atoms with Crippen molar-refractivity contribution >= 4 is 29.0 Å². The van der Waals surface area contributed by atoms with Gasteiger partial charge >= 0.3 is 6.03 Å². The summed E-state index contributed by atoms with van der Waals surface area (Å²) in [7, 11) is 0. The third-order valence-corrected chi connectivity index (χ3v) is 3.51. The second-order valence-corrected chi connectivity index (χ2v) is 5.27. The number of hydrogen-bond donors (Lipinski definition) is 2. The highest BCUT2D eigenvalue weighted by molar-refractivity contribution is 6.33. The number of amides is 2. The lowest BCUT2D eigenvalue weighted by Gasteiger charge is -2.31. The molecule has 1 atom stereocenters. The molecule has 98 valence electrons. The molecule has 0 aromatic heterocycles. The summed E-state index contributed by atoms with van der Waals surface area (Å²) in [6.45, 7) is 3.76. The first-order valence-corrected chi connectivity index (χ1v) is 6.55. The minimum atomic E-state index is -0.103. The van der Waals surface area contributed by atoms with Crippen LogP contribution in [0.5, 0.6) is 0 Å². The summed E-state index contributed by atoms with van der Waals surface area (Å²) in [4.78, 5) is 13.9. The number of halogens is 1. The van der Waals surface area contributed by atoms with Gasteiger partial charge in [-0.3, -0.25) is 0 Å². The van der Waals surface area contributed by atoms with E-state index in [1.165, 1.54) is 6.42 Å². The molecule has 1 aromatic rings. The van der Waals surface area contributed by atoms with Gasteiger partial charge in [0.1, 0.15) is 0 Å². The van der Waals surface area contributed by atoms with Gasteiger partial charge in [-0.1, -0.05) is 18.5 Å². The minimum Gasteiger partial charge on any atom is -0.399 e. The number of urea groups is 1. The molecule has 0 radical (unpaired) electrons. The van der Waals surface area contributed by atoms with Crippen LogP contribution in [0.2, 0.25) is 5.02 Å². The topological polar surface area (TPSA) is 58.4 Å². The van der Waals surface area contributed by atoms with Gasteiger partial charge in [-0.15, -0.1) is 0 Å². The standard InChI is InChI=1S/C13H18ClN3O/c1-9-3-2-6-17(8-9)13(18)16-12-7-10(15)4-5-11(12)14/h4-5,7,9H,2-3,6,8,15H2,1H3,(H,16,18). The molecule has 5 heteroatoms. The molecule has 18 heavy (non-hydrogen) atoms. The summed E-state index contributed by atoms with van der Waals surface area (Å²) in [5, 5.41) is 3.32. The predicted molar refractivity (Wildman–Crippen MR) is 74.9 cm³/mol. The fourth-order valence-corrected chi connectivity index (χ4v) is 2.37. The van der Waals surface area contributed by atoms with Crippen LogP contribution in [0.25, 0.3) is 0 Å². The van der Waals surface area contributed by atoms with Crippen molar-refractivity contribution in [2.75, 3.05) is 24.1 Å². The molecule has 0 spiro atoms. The summed E-state index contributed by atoms with van der Waals surface area (Å²) in [5.41, 5.74) is 6.83. The highest BCUT2D eigenvalue weighted by atomic mass is 35.5. The van der Waals surface area contributed by atoms with E-state index in [0.29, 0.717) is 22.3 Å². The fourth-order valence-electron chi connectivity index (χ4n) is 2.21. The lowest BCUT2D eigenvalue weighted by Crippen LogP contribution is -2.41. The molecule has 1 fully saturated rings. The second-order valence-electron chi connectivity index (χ2n) is 4.86. The van der Waals surface area contributed by atoms with Crippen LogP contribution in [-0.2, 0) is 0 Å². The monoisotopic (exact) mass is 267 g/mol. The first-order valence-electron chi connectivity index (χ1n) is 6.17. The van der Waals surface area contributed by atoms with Gasteiger partial charge in [0, 0.05) is 18.8 Å². The molecule has 0 bridgehead atoms. The van der Waals surface area contributed by atoms with Crippen LogP contribution in [0, 0.1) is 5.92 Å². The van der Waals surface area contributed by atoms with Crippen molar-refractivity contribution in [1.29, 1.82) is 0 Å². The SMILES string of the molecule is CC1CCCN(C(=O)Nc2cc(N)ccc2Cl)C1. The first-order chi connectivity index (χ1) is 8.56. The summed E-state index contributed by atoms with van der Waals surface area (Å²) < 4.78 is 0. The van der Waals surface area contributed by atoms with Crippen molar-refractivity contribution in [1.82, 2.24) is 4.90 Å². The third-order valence-electron chi connectivity index (χ3n) is 3.18. The number of hydrogen-bond acceptors (Lipinski definition) is 2. The van der Waals surface area contributed by atoms with Gasteiger partial charge in [-0.05, 0) is 37.0 Å². The van der Waals surface area contributed by atoms with Crippen molar-refractivity contribution in [3.63, 3.8) is 0 Å². The van der Waals surface area contributed by atoms with E-state index in [-0.39, 0.29) is 6.03 Å². The zero-order valence-corrected chi connectivity index (χ0v) is 11.2. The Labute approximate surface area is 112 Å². The lowest BCUT2D eigenvalue weighted by atomic mass is 10.0. The van der Waals surface area contributed by atoms with E-state index in [0.717, 1.165) is 19.5 Å². The maximum atomic E-state index is 12.1. The number of likely N-dealkylation sites (tertiary alicyclic amines) is 1. The first kappa shape index (κ1) is 13.0. The smallest absolute Gasteiger partial charge is 0.321 e. The van der Waals surface area contributed by atoms with Gasteiger partial charge in [-0.25, -0.2) is 4.79 Å². The van der Waals surface area contributed by atoms with E-state index >= 15 is 0 Å². The van der Waals surface area contributed by atoms with Crippen molar-refractivity contribution < 1.29 is 4.79 Å². The van der Waals surface area contributed by atoms with Crippen LogP contribution in [0.4, 0.5) is 16.2 Å². The van der Waals surface area contributed by atoms with Crippen LogP contribution >= 0.6 is 11.6 Å². The molecule has 1 unspecified atom stereocenters. The molecule has 3 N–H and O–H groups in total. The molecule has 0 aliphatic carbocycles. The Bertz CT molecular complexity index is 450. The maximum absolute atomic E-state index is 12.1. The van der Waals surface area contributed by atoms with Crippen molar-refractivity contribution in [3.05, 3.63) is 23.2 Å². The van der Waals surface area contributed by atoms with Crippen LogP contribution in [-0.4, -0.2) is 24.0 Å². The quantitative estimate of drug-likeness (QED) is 0.768. The fraction of sp³-hybridized carbons (Fsp3) is 0.462. The van der Waals surface area contributed by atoms with Gasteiger partial charge < -0.3 is 16.0 Å². The Morgan fingerprint density at radius 3 is 3.06 bits per heavy atom.